The number of anilines is 3. The van der Waals surface area contributed by atoms with E-state index in [1.165, 1.54) is 5.56 Å². The molecule has 3 N–H and O–H groups in total. The van der Waals surface area contributed by atoms with Crippen molar-refractivity contribution in [1.29, 1.82) is 0 Å². The fourth-order valence-electron chi connectivity index (χ4n) is 4.15. The van der Waals surface area contributed by atoms with Gasteiger partial charge >= 0.3 is 0 Å². The highest BCUT2D eigenvalue weighted by Gasteiger charge is 2.26. The quantitative estimate of drug-likeness (QED) is 0.585. The van der Waals surface area contributed by atoms with Crippen LogP contribution in [0.5, 0.6) is 5.75 Å². The van der Waals surface area contributed by atoms with Crippen molar-refractivity contribution in [3.63, 3.8) is 0 Å². The van der Waals surface area contributed by atoms with Crippen LogP contribution in [0.25, 0.3) is 0 Å². The number of aromatic nitrogens is 1. The second kappa shape index (κ2) is 8.31. The molecule has 4 heterocycles. The van der Waals surface area contributed by atoms with E-state index in [0.717, 1.165) is 55.5 Å². The molecule has 0 saturated carbocycles. The number of carbonyl (C=O) groups excluding carboxylic acids is 1. The molecule has 0 spiro atoms. The Hall–Kier alpha value is -3.52. The van der Waals surface area contributed by atoms with Gasteiger partial charge in [0.05, 0.1) is 30.7 Å². The smallest absolute Gasteiger partial charge is 0.291 e. The average molecular weight is 419 g/mol. The SMILES string of the molecule is COc1ccc2c(c1)CC(c1ccc(C(=O)Nc3cnccc3N3CCNCC3)o1)N2. The topological polar surface area (TPSA) is 91.7 Å². The van der Waals surface area contributed by atoms with Crippen LogP contribution in [-0.4, -0.2) is 44.2 Å². The number of carbonyl (C=O) groups is 1. The molecule has 8 nitrogen and oxygen atoms in total. The van der Waals surface area contributed by atoms with E-state index in [1.807, 2.05) is 30.3 Å². The lowest BCUT2D eigenvalue weighted by molar-refractivity contribution is 0.0994. The molecule has 160 valence electrons. The van der Waals surface area contributed by atoms with E-state index < -0.39 is 0 Å². The Balaban J connectivity index is 1.29. The lowest BCUT2D eigenvalue weighted by Gasteiger charge is -2.30. The largest absolute Gasteiger partial charge is 0.497 e. The number of nitrogens with one attached hydrogen (secondary N) is 3. The molecule has 2 aromatic heterocycles. The maximum absolute atomic E-state index is 12.9. The molecule has 0 radical (unpaired) electrons. The van der Waals surface area contributed by atoms with Crippen molar-refractivity contribution in [2.75, 3.05) is 48.8 Å². The Labute approximate surface area is 180 Å². The van der Waals surface area contributed by atoms with Crippen LogP contribution in [-0.2, 0) is 6.42 Å². The van der Waals surface area contributed by atoms with Gasteiger partial charge in [0.25, 0.3) is 5.91 Å². The minimum absolute atomic E-state index is 0.0153. The van der Waals surface area contributed by atoms with Crippen LogP contribution < -0.4 is 25.6 Å². The van der Waals surface area contributed by atoms with E-state index in [0.29, 0.717) is 5.69 Å². The Bertz CT molecular complexity index is 1090. The number of hydrogen-bond donors (Lipinski definition) is 3. The standard InChI is InChI=1S/C23H25N5O3/c1-30-16-2-3-17-15(12-16)13-18(26-17)21-4-5-22(31-21)23(29)27-19-14-25-7-6-20(19)28-10-8-24-9-11-28/h2-7,12,14,18,24,26H,8-11,13H2,1H3,(H,27,29). The number of nitrogens with zero attached hydrogens (tertiary/aromatic N) is 2. The van der Waals surface area contributed by atoms with Crippen molar-refractivity contribution in [2.45, 2.75) is 12.5 Å². The first kappa shape index (κ1) is 19.4. The molecule has 3 aromatic rings. The Morgan fingerprint density at radius 2 is 2.10 bits per heavy atom. The summed E-state index contributed by atoms with van der Waals surface area (Å²) in [7, 11) is 1.66. The van der Waals surface area contributed by atoms with Crippen molar-refractivity contribution in [1.82, 2.24) is 10.3 Å². The summed E-state index contributed by atoms with van der Waals surface area (Å²) in [5.41, 5.74) is 3.89. The molecule has 1 aromatic carbocycles. The maximum atomic E-state index is 12.9. The first-order valence-corrected chi connectivity index (χ1v) is 10.5. The van der Waals surface area contributed by atoms with Gasteiger partial charge in [0, 0.05) is 44.5 Å². The second-order valence-corrected chi connectivity index (χ2v) is 7.71. The zero-order chi connectivity index (χ0) is 21.2. The Morgan fingerprint density at radius 1 is 1.23 bits per heavy atom. The van der Waals surface area contributed by atoms with Crippen molar-refractivity contribution in [3.8, 4) is 5.75 Å². The highest BCUT2D eigenvalue weighted by Crippen LogP contribution is 2.37. The molecule has 31 heavy (non-hydrogen) atoms. The van der Waals surface area contributed by atoms with Gasteiger partial charge < -0.3 is 30.0 Å². The van der Waals surface area contributed by atoms with Crippen LogP contribution in [0.1, 0.15) is 27.9 Å². The number of pyridine rings is 1. The molecule has 1 saturated heterocycles. The summed E-state index contributed by atoms with van der Waals surface area (Å²) in [6.45, 7) is 3.60. The molecule has 1 fully saturated rings. The van der Waals surface area contributed by atoms with Crippen molar-refractivity contribution < 1.29 is 13.9 Å². The molecule has 1 unspecified atom stereocenters. The summed E-state index contributed by atoms with van der Waals surface area (Å²) in [5, 5.41) is 9.76. The van der Waals surface area contributed by atoms with Crippen molar-refractivity contribution in [3.05, 3.63) is 65.9 Å². The van der Waals surface area contributed by atoms with Gasteiger partial charge in [-0.1, -0.05) is 0 Å². The third-order valence-corrected chi connectivity index (χ3v) is 5.76. The summed E-state index contributed by atoms with van der Waals surface area (Å²) in [5.74, 6) is 1.56. The lowest BCUT2D eigenvalue weighted by atomic mass is 10.1. The van der Waals surface area contributed by atoms with Crippen molar-refractivity contribution in [2.24, 2.45) is 0 Å². The van der Waals surface area contributed by atoms with Gasteiger partial charge in [0.15, 0.2) is 5.76 Å². The highest BCUT2D eigenvalue weighted by molar-refractivity contribution is 6.04. The zero-order valence-corrected chi connectivity index (χ0v) is 17.4. The first-order chi connectivity index (χ1) is 15.2. The molecule has 5 rings (SSSR count). The summed E-state index contributed by atoms with van der Waals surface area (Å²) in [4.78, 5) is 19.3. The first-order valence-electron chi connectivity index (χ1n) is 10.5. The number of furan rings is 1. The van der Waals surface area contributed by atoms with Crippen LogP contribution >= 0.6 is 0 Å². The van der Waals surface area contributed by atoms with E-state index in [2.05, 4.69) is 25.8 Å². The van der Waals surface area contributed by atoms with Crippen molar-refractivity contribution >= 4 is 23.0 Å². The molecule has 0 bridgehead atoms. The summed E-state index contributed by atoms with van der Waals surface area (Å²) in [6, 6.07) is 11.5. The van der Waals surface area contributed by atoms with E-state index >= 15 is 0 Å². The van der Waals surface area contributed by atoms with Crippen LogP contribution in [0.4, 0.5) is 17.1 Å². The fraction of sp³-hybridized carbons (Fsp3) is 0.304. The molecule has 0 aliphatic carbocycles. The number of piperazine rings is 1. The molecule has 2 aliphatic rings. The average Bonchev–Trinajstić information content (AvgIpc) is 3.47. The van der Waals surface area contributed by atoms with Gasteiger partial charge in [-0.3, -0.25) is 9.78 Å². The van der Waals surface area contributed by atoms with E-state index in [-0.39, 0.29) is 17.7 Å². The zero-order valence-electron chi connectivity index (χ0n) is 17.4. The van der Waals surface area contributed by atoms with Crippen LogP contribution in [0.15, 0.2) is 53.2 Å². The van der Waals surface area contributed by atoms with Gasteiger partial charge in [0.2, 0.25) is 0 Å². The predicted octanol–water partition coefficient (Wildman–Crippen LogP) is 3.05. The van der Waals surface area contributed by atoms with Crippen LogP contribution in [0.3, 0.4) is 0 Å². The molecule has 2 aliphatic heterocycles. The molecule has 8 heteroatoms. The van der Waals surface area contributed by atoms with Gasteiger partial charge in [-0.05, 0) is 42.0 Å². The van der Waals surface area contributed by atoms with Gasteiger partial charge in [-0.25, -0.2) is 0 Å². The molecule has 1 amide bonds. The van der Waals surface area contributed by atoms with Crippen LogP contribution in [0.2, 0.25) is 0 Å². The fourth-order valence-corrected chi connectivity index (χ4v) is 4.15. The molecular weight excluding hydrogens is 394 g/mol. The van der Waals surface area contributed by atoms with E-state index in [9.17, 15) is 4.79 Å². The van der Waals surface area contributed by atoms with E-state index in [4.69, 9.17) is 9.15 Å². The van der Waals surface area contributed by atoms with Gasteiger partial charge in [-0.15, -0.1) is 0 Å². The number of amides is 1. The number of benzene rings is 1. The Kier molecular flexibility index (Phi) is 5.21. The number of methoxy groups -OCH3 is 1. The van der Waals surface area contributed by atoms with Gasteiger partial charge in [0.1, 0.15) is 11.5 Å². The minimum Gasteiger partial charge on any atom is -0.497 e. The van der Waals surface area contributed by atoms with E-state index in [1.54, 1.807) is 25.6 Å². The number of hydrogen-bond acceptors (Lipinski definition) is 7. The third-order valence-electron chi connectivity index (χ3n) is 5.76. The highest BCUT2D eigenvalue weighted by atomic mass is 16.5. The monoisotopic (exact) mass is 419 g/mol. The number of rotatable bonds is 5. The Morgan fingerprint density at radius 3 is 2.94 bits per heavy atom. The molecule has 1 atom stereocenters. The van der Waals surface area contributed by atoms with Crippen LogP contribution in [0, 0.1) is 0 Å². The predicted molar refractivity (Wildman–Crippen MR) is 119 cm³/mol. The summed E-state index contributed by atoms with van der Waals surface area (Å²) in [6.07, 6.45) is 4.20. The minimum atomic E-state index is -0.284. The summed E-state index contributed by atoms with van der Waals surface area (Å²) >= 11 is 0. The molecular formula is C23H25N5O3. The second-order valence-electron chi connectivity index (χ2n) is 7.71. The number of ether oxygens (including phenoxy) is 1. The third kappa shape index (κ3) is 3.94. The normalized spacial score (nSPS) is 17.7. The number of fused-ring (bicyclic) bond motifs is 1. The van der Waals surface area contributed by atoms with Gasteiger partial charge in [-0.2, -0.15) is 0 Å². The maximum Gasteiger partial charge on any atom is 0.291 e. The summed E-state index contributed by atoms with van der Waals surface area (Å²) < 4.78 is 11.2. The lowest BCUT2D eigenvalue weighted by Crippen LogP contribution is -2.43.